The molecule has 1 aromatic carbocycles. The molecule has 0 saturated heterocycles. The summed E-state index contributed by atoms with van der Waals surface area (Å²) in [7, 11) is 2.14. The molecule has 2 aromatic rings. The molecule has 16 heavy (non-hydrogen) atoms. The minimum Gasteiger partial charge on any atom is -0.300 e. The van der Waals surface area contributed by atoms with Gasteiger partial charge in [0.05, 0.1) is 5.52 Å². The molecule has 0 atom stereocenters. The average Bonchev–Trinajstić information content (AvgIpc) is 2.28. The van der Waals surface area contributed by atoms with Gasteiger partial charge in [-0.15, -0.1) is 0 Å². The predicted octanol–water partition coefficient (Wildman–Crippen LogP) is 3.08. The molecule has 0 bridgehead atoms. The maximum absolute atomic E-state index is 4.47. The van der Waals surface area contributed by atoms with Crippen LogP contribution in [0.3, 0.4) is 0 Å². The van der Waals surface area contributed by atoms with E-state index in [-0.39, 0.29) is 0 Å². The number of fused-ring (bicyclic) bond motifs is 1. The fourth-order valence-electron chi connectivity index (χ4n) is 1.67. The highest BCUT2D eigenvalue weighted by atomic mass is 15.1. The van der Waals surface area contributed by atoms with Crippen LogP contribution in [0.1, 0.15) is 19.4 Å². The van der Waals surface area contributed by atoms with Crippen molar-refractivity contribution in [3.8, 4) is 0 Å². The van der Waals surface area contributed by atoms with Crippen LogP contribution < -0.4 is 0 Å². The summed E-state index contributed by atoms with van der Waals surface area (Å²) in [5, 5.41) is 1.22. The number of pyridine rings is 1. The molecule has 0 N–H and O–H groups in total. The lowest BCUT2D eigenvalue weighted by atomic mass is 10.1. The number of rotatable bonds is 3. The van der Waals surface area contributed by atoms with Crippen molar-refractivity contribution >= 4 is 10.9 Å². The molecule has 0 spiro atoms. The van der Waals surface area contributed by atoms with E-state index in [0.29, 0.717) is 6.04 Å². The van der Waals surface area contributed by atoms with Gasteiger partial charge in [-0.05, 0) is 38.6 Å². The molecule has 0 saturated carbocycles. The van der Waals surface area contributed by atoms with Crippen LogP contribution in [0.15, 0.2) is 36.5 Å². The van der Waals surface area contributed by atoms with E-state index >= 15 is 0 Å². The second-order valence-electron chi connectivity index (χ2n) is 4.55. The number of para-hydroxylation sites is 1. The van der Waals surface area contributed by atoms with Gasteiger partial charge in [0.2, 0.25) is 0 Å². The lowest BCUT2D eigenvalue weighted by Gasteiger charge is -2.20. The molecule has 1 aromatic heterocycles. The molecule has 0 aliphatic carbocycles. The number of hydrogen-bond donors (Lipinski definition) is 0. The molecule has 1 heterocycles. The van der Waals surface area contributed by atoms with E-state index in [4.69, 9.17) is 0 Å². The summed E-state index contributed by atoms with van der Waals surface area (Å²) in [6.07, 6.45) is 1.97. The first-order valence-corrected chi connectivity index (χ1v) is 5.71. The third-order valence-corrected chi connectivity index (χ3v) is 2.96. The van der Waals surface area contributed by atoms with Crippen LogP contribution in [0.4, 0.5) is 0 Å². The fourth-order valence-corrected chi connectivity index (χ4v) is 1.67. The number of benzene rings is 1. The molecule has 84 valence electrons. The van der Waals surface area contributed by atoms with Crippen LogP contribution in [0, 0.1) is 0 Å². The summed E-state index contributed by atoms with van der Waals surface area (Å²) in [6, 6.07) is 11.0. The Hall–Kier alpha value is -1.41. The van der Waals surface area contributed by atoms with Gasteiger partial charge < -0.3 is 0 Å². The van der Waals surface area contributed by atoms with Crippen LogP contribution in [0.5, 0.6) is 0 Å². The Morgan fingerprint density at radius 1 is 1.25 bits per heavy atom. The molecule has 0 amide bonds. The zero-order chi connectivity index (χ0) is 11.5. The maximum Gasteiger partial charge on any atom is 0.0702 e. The molecule has 0 fully saturated rings. The minimum absolute atomic E-state index is 0.562. The van der Waals surface area contributed by atoms with Gasteiger partial charge in [-0.25, -0.2) is 0 Å². The lowest BCUT2D eigenvalue weighted by Crippen LogP contribution is -2.25. The molecule has 0 radical (unpaired) electrons. The zero-order valence-electron chi connectivity index (χ0n) is 10.1. The van der Waals surface area contributed by atoms with Crippen molar-refractivity contribution in [2.24, 2.45) is 0 Å². The molecule has 0 aliphatic heterocycles. The molecular weight excluding hydrogens is 196 g/mol. The quantitative estimate of drug-likeness (QED) is 0.780. The summed E-state index contributed by atoms with van der Waals surface area (Å²) >= 11 is 0. The van der Waals surface area contributed by atoms with Gasteiger partial charge in [0, 0.05) is 24.2 Å². The van der Waals surface area contributed by atoms with Gasteiger partial charge in [-0.2, -0.15) is 0 Å². The summed E-state index contributed by atoms with van der Waals surface area (Å²) in [5.41, 5.74) is 2.34. The standard InChI is InChI=1S/C14H18N2/c1-11(2)16(3)10-12-8-13-6-4-5-7-14(13)15-9-12/h4-9,11H,10H2,1-3H3. The molecule has 2 nitrogen and oxygen atoms in total. The van der Waals surface area contributed by atoms with Crippen LogP contribution in [0.2, 0.25) is 0 Å². The number of hydrogen-bond acceptors (Lipinski definition) is 2. The van der Waals surface area contributed by atoms with Gasteiger partial charge in [0.1, 0.15) is 0 Å². The lowest BCUT2D eigenvalue weighted by molar-refractivity contribution is 0.265. The van der Waals surface area contributed by atoms with E-state index in [0.717, 1.165) is 12.1 Å². The van der Waals surface area contributed by atoms with Crippen LogP contribution in [-0.4, -0.2) is 23.0 Å². The Morgan fingerprint density at radius 2 is 2.00 bits per heavy atom. The van der Waals surface area contributed by atoms with Crippen molar-refractivity contribution in [3.05, 3.63) is 42.1 Å². The molecule has 2 heteroatoms. The van der Waals surface area contributed by atoms with Crippen molar-refractivity contribution in [1.82, 2.24) is 9.88 Å². The third kappa shape index (κ3) is 2.39. The molecule has 0 aliphatic rings. The summed E-state index contributed by atoms with van der Waals surface area (Å²) in [4.78, 5) is 6.78. The van der Waals surface area contributed by atoms with Crippen molar-refractivity contribution in [2.45, 2.75) is 26.4 Å². The monoisotopic (exact) mass is 214 g/mol. The zero-order valence-corrected chi connectivity index (χ0v) is 10.1. The van der Waals surface area contributed by atoms with Crippen molar-refractivity contribution in [1.29, 1.82) is 0 Å². The Morgan fingerprint density at radius 3 is 2.75 bits per heavy atom. The largest absolute Gasteiger partial charge is 0.300 e. The Bertz CT molecular complexity index is 477. The molecule has 0 unspecified atom stereocenters. The van der Waals surface area contributed by atoms with Crippen molar-refractivity contribution in [3.63, 3.8) is 0 Å². The smallest absolute Gasteiger partial charge is 0.0702 e. The summed E-state index contributed by atoms with van der Waals surface area (Å²) in [5.74, 6) is 0. The Balaban J connectivity index is 2.26. The van der Waals surface area contributed by atoms with Crippen LogP contribution >= 0.6 is 0 Å². The third-order valence-electron chi connectivity index (χ3n) is 2.96. The highest BCUT2D eigenvalue weighted by molar-refractivity contribution is 5.78. The first-order valence-electron chi connectivity index (χ1n) is 5.71. The highest BCUT2D eigenvalue weighted by Crippen LogP contribution is 2.14. The van der Waals surface area contributed by atoms with E-state index in [1.807, 2.05) is 18.3 Å². The van der Waals surface area contributed by atoms with Gasteiger partial charge in [0.25, 0.3) is 0 Å². The van der Waals surface area contributed by atoms with E-state index in [1.54, 1.807) is 0 Å². The number of nitrogens with zero attached hydrogens (tertiary/aromatic N) is 2. The Labute approximate surface area is 96.9 Å². The topological polar surface area (TPSA) is 16.1 Å². The normalized spacial score (nSPS) is 11.6. The number of aromatic nitrogens is 1. The van der Waals surface area contributed by atoms with Gasteiger partial charge in [-0.3, -0.25) is 9.88 Å². The molecular formula is C14H18N2. The van der Waals surface area contributed by atoms with Gasteiger partial charge in [0.15, 0.2) is 0 Å². The summed E-state index contributed by atoms with van der Waals surface area (Å²) < 4.78 is 0. The maximum atomic E-state index is 4.47. The first-order chi connectivity index (χ1) is 7.66. The first kappa shape index (κ1) is 11.1. The highest BCUT2D eigenvalue weighted by Gasteiger charge is 2.04. The van der Waals surface area contributed by atoms with E-state index in [2.05, 4.69) is 49.0 Å². The molecule has 2 rings (SSSR count). The van der Waals surface area contributed by atoms with Crippen LogP contribution in [-0.2, 0) is 6.54 Å². The van der Waals surface area contributed by atoms with E-state index < -0.39 is 0 Å². The second-order valence-corrected chi connectivity index (χ2v) is 4.55. The fraction of sp³-hybridized carbons (Fsp3) is 0.357. The second kappa shape index (κ2) is 4.62. The average molecular weight is 214 g/mol. The predicted molar refractivity (Wildman–Crippen MR) is 68.3 cm³/mol. The van der Waals surface area contributed by atoms with E-state index in [9.17, 15) is 0 Å². The van der Waals surface area contributed by atoms with Gasteiger partial charge in [-0.1, -0.05) is 18.2 Å². The summed E-state index contributed by atoms with van der Waals surface area (Å²) in [6.45, 7) is 5.36. The Kier molecular flexibility index (Phi) is 3.20. The SMILES string of the molecule is CC(C)N(C)Cc1cnc2ccccc2c1. The minimum atomic E-state index is 0.562. The van der Waals surface area contributed by atoms with Crippen molar-refractivity contribution in [2.75, 3.05) is 7.05 Å². The van der Waals surface area contributed by atoms with E-state index in [1.165, 1.54) is 10.9 Å². The van der Waals surface area contributed by atoms with Crippen LogP contribution in [0.25, 0.3) is 10.9 Å². The van der Waals surface area contributed by atoms with Crippen molar-refractivity contribution < 1.29 is 0 Å². The van der Waals surface area contributed by atoms with Gasteiger partial charge >= 0.3 is 0 Å².